The number of ketones is 2. The summed E-state index contributed by atoms with van der Waals surface area (Å²) >= 11 is 0. The molecule has 2 aromatic rings. The van der Waals surface area contributed by atoms with Crippen molar-refractivity contribution in [2.24, 2.45) is 16.8 Å². The number of Topliss-reactive ketones (excluding diaryl/α,β-unsaturated/α-hetero) is 2. The monoisotopic (exact) mass is 572 g/mol. The number of aromatic nitrogens is 1. The van der Waals surface area contributed by atoms with E-state index in [0.717, 1.165) is 22.3 Å². The Hall–Kier alpha value is -3.40. The van der Waals surface area contributed by atoms with Gasteiger partial charge in [-0.3, -0.25) is 19.6 Å². The molecular formula is C38H56N2O2. The van der Waals surface area contributed by atoms with Crippen molar-refractivity contribution < 1.29 is 11.0 Å². The van der Waals surface area contributed by atoms with Gasteiger partial charge in [0, 0.05) is 44.4 Å². The predicted molar refractivity (Wildman–Crippen MR) is 183 cm³/mol. The second-order valence-corrected chi connectivity index (χ2v) is 11.8. The zero-order chi connectivity index (χ0) is 32.0. The number of benzene rings is 1. The number of allylic oxidation sites excluding steroid dienone is 6. The highest BCUT2D eigenvalue weighted by molar-refractivity contribution is 6.03. The second kappa shape index (κ2) is 17.5. The van der Waals surface area contributed by atoms with E-state index in [0.29, 0.717) is 17.5 Å². The van der Waals surface area contributed by atoms with E-state index in [1.165, 1.54) is 18.4 Å². The number of rotatable bonds is 6. The summed E-state index contributed by atoms with van der Waals surface area (Å²) in [7, 11) is 1.68. The Labute approximate surface area is 257 Å². The molecule has 1 aromatic carbocycles. The van der Waals surface area contributed by atoms with E-state index in [4.69, 9.17) is 0 Å². The van der Waals surface area contributed by atoms with Crippen molar-refractivity contribution in [2.75, 3.05) is 7.05 Å². The molecule has 0 saturated carbocycles. The molecule has 0 bridgehead atoms. The van der Waals surface area contributed by atoms with Crippen molar-refractivity contribution in [2.45, 2.75) is 101 Å². The number of nitrogens with zero attached hydrogens (tertiary/aromatic N) is 2. The average molecular weight is 573 g/mol. The molecule has 4 heteroatoms. The van der Waals surface area contributed by atoms with Gasteiger partial charge >= 0.3 is 0 Å². The molecule has 2 atom stereocenters. The van der Waals surface area contributed by atoms with Gasteiger partial charge in [-0.15, -0.1) is 0 Å². The summed E-state index contributed by atoms with van der Waals surface area (Å²) in [5, 5.41) is 0. The third-order valence-electron chi connectivity index (χ3n) is 7.96. The van der Waals surface area contributed by atoms with Gasteiger partial charge in [-0.2, -0.15) is 0 Å². The van der Waals surface area contributed by atoms with Crippen LogP contribution < -0.4 is 0 Å². The molecule has 230 valence electrons. The Morgan fingerprint density at radius 2 is 1.74 bits per heavy atom. The van der Waals surface area contributed by atoms with Crippen LogP contribution in [0.25, 0.3) is 0 Å². The Balaban J connectivity index is 0.000000765. The third kappa shape index (κ3) is 10.2. The molecule has 2 aliphatic carbocycles. The summed E-state index contributed by atoms with van der Waals surface area (Å²) in [6, 6.07) is 10.7. The van der Waals surface area contributed by atoms with Crippen LogP contribution in [0.2, 0.25) is 0 Å². The van der Waals surface area contributed by atoms with Crippen molar-refractivity contribution in [3.8, 4) is 0 Å². The topological polar surface area (TPSA) is 59.4 Å². The van der Waals surface area contributed by atoms with Crippen molar-refractivity contribution in [3.05, 3.63) is 99.4 Å². The van der Waals surface area contributed by atoms with E-state index in [1.807, 2.05) is 59.8 Å². The van der Waals surface area contributed by atoms with E-state index in [2.05, 4.69) is 68.0 Å². The lowest BCUT2D eigenvalue weighted by Crippen LogP contribution is -2.16. The molecule has 4 rings (SSSR count). The number of hydrogen-bond donors (Lipinski definition) is 0. The van der Waals surface area contributed by atoms with Crippen LogP contribution >= 0.6 is 0 Å². The summed E-state index contributed by atoms with van der Waals surface area (Å²) in [4.78, 5) is 32.7. The largest absolute Gasteiger partial charge is 0.296 e. The van der Waals surface area contributed by atoms with Crippen LogP contribution in [0.5, 0.6) is 0 Å². The molecular weight excluding hydrogens is 516 g/mol. The number of pyridine rings is 1. The van der Waals surface area contributed by atoms with Gasteiger partial charge in [0.2, 0.25) is 0 Å². The van der Waals surface area contributed by atoms with E-state index in [9.17, 15) is 9.59 Å². The summed E-state index contributed by atoms with van der Waals surface area (Å²) in [5.74, 6) is 0.237. The van der Waals surface area contributed by atoms with Crippen molar-refractivity contribution >= 4 is 17.8 Å². The zero-order valence-electron chi connectivity index (χ0n) is 28.3. The molecule has 2 unspecified atom stereocenters. The fraction of sp³-hybridized carbons (Fsp3) is 0.474. The normalized spacial score (nSPS) is 16.7. The average Bonchev–Trinajstić information content (AvgIpc) is 3.51. The van der Waals surface area contributed by atoms with Crippen molar-refractivity contribution in [1.29, 1.82) is 0 Å². The Morgan fingerprint density at radius 3 is 2.26 bits per heavy atom. The molecule has 4 nitrogen and oxygen atoms in total. The minimum Gasteiger partial charge on any atom is -0.296 e. The van der Waals surface area contributed by atoms with Gasteiger partial charge in [-0.05, 0) is 81.5 Å². The number of hydrogen-bond acceptors (Lipinski definition) is 4. The predicted octanol–water partition coefficient (Wildman–Crippen LogP) is 9.89. The van der Waals surface area contributed by atoms with E-state index in [1.54, 1.807) is 37.5 Å². The zero-order valence-corrected chi connectivity index (χ0v) is 28.3. The maximum absolute atomic E-state index is 12.7. The minimum absolute atomic E-state index is 0. The first-order chi connectivity index (χ1) is 19.8. The molecule has 42 heavy (non-hydrogen) atoms. The smallest absolute Gasteiger partial charge is 0.182 e. The van der Waals surface area contributed by atoms with Crippen LogP contribution in [0, 0.1) is 18.8 Å². The Kier molecular flexibility index (Phi) is 15.3. The van der Waals surface area contributed by atoms with Crippen LogP contribution in [0.1, 0.15) is 116 Å². The lowest BCUT2D eigenvalue weighted by Gasteiger charge is -2.19. The molecule has 0 fully saturated rings. The minimum atomic E-state index is 0. The van der Waals surface area contributed by atoms with E-state index >= 15 is 0 Å². The third-order valence-corrected chi connectivity index (χ3v) is 7.96. The number of aryl methyl sites for hydroxylation is 2. The first-order valence-electron chi connectivity index (χ1n) is 15.3. The number of fused-ring (bicyclic) bond motifs is 1. The van der Waals surface area contributed by atoms with Crippen LogP contribution in [0.4, 0.5) is 0 Å². The first-order valence-corrected chi connectivity index (χ1v) is 15.3. The molecule has 0 radical (unpaired) electrons. The van der Waals surface area contributed by atoms with Gasteiger partial charge in [-0.1, -0.05) is 95.2 Å². The first kappa shape index (κ1) is 36.6. The van der Waals surface area contributed by atoms with E-state index < -0.39 is 0 Å². The van der Waals surface area contributed by atoms with Gasteiger partial charge in [0.1, 0.15) is 5.69 Å². The highest BCUT2D eigenvalue weighted by atomic mass is 16.1. The molecule has 1 heterocycles. The van der Waals surface area contributed by atoms with Gasteiger partial charge in [0.05, 0.1) is 0 Å². The Morgan fingerprint density at radius 1 is 1.12 bits per heavy atom. The fourth-order valence-electron chi connectivity index (χ4n) is 5.22. The van der Waals surface area contributed by atoms with Crippen LogP contribution in [-0.4, -0.2) is 29.8 Å². The number of carbonyl (C=O) groups is 2. The lowest BCUT2D eigenvalue weighted by molar-refractivity contribution is -0.113. The summed E-state index contributed by atoms with van der Waals surface area (Å²) in [6.45, 7) is 22.5. The van der Waals surface area contributed by atoms with Crippen LogP contribution in [-0.2, 0) is 16.6 Å². The lowest BCUT2D eigenvalue weighted by atomic mass is 9.84. The van der Waals surface area contributed by atoms with Crippen LogP contribution in [0.15, 0.2) is 76.5 Å². The highest BCUT2D eigenvalue weighted by Gasteiger charge is 2.29. The fourth-order valence-corrected chi connectivity index (χ4v) is 5.22. The van der Waals surface area contributed by atoms with Gasteiger partial charge in [0.25, 0.3) is 0 Å². The molecule has 0 spiro atoms. The summed E-state index contributed by atoms with van der Waals surface area (Å²) in [5.41, 5.74) is 9.11. The maximum atomic E-state index is 12.7. The van der Waals surface area contributed by atoms with Gasteiger partial charge in [-0.25, -0.2) is 0 Å². The standard InChI is InChI=1S/C20H24N2O2.C11H14.C5H10.C2H6.H2/c1-12-8-9-22-20(18(12)11-21-5)19(24)10-13(2)16-6-7-17(14(16)3)15(4)23;1-11(2)8-7-9-5-3-4-6-10(9)11;1-4-5(2)3;1-2;/h6-9,11,13-14H,10H2,1-5H3;3-6H,7-8H2,1-2H3;4H,1-3H3;1-2H3;1H. The molecule has 2 aliphatic rings. The molecule has 0 saturated heterocycles. The highest BCUT2D eigenvalue weighted by Crippen LogP contribution is 2.37. The number of aliphatic imine (C=N–C) groups is 1. The summed E-state index contributed by atoms with van der Waals surface area (Å²) < 4.78 is 0. The molecule has 0 amide bonds. The van der Waals surface area contributed by atoms with E-state index in [-0.39, 0.29) is 24.8 Å². The van der Waals surface area contributed by atoms with Gasteiger partial charge in [0.15, 0.2) is 11.6 Å². The molecule has 0 N–H and O–H groups in total. The number of carbonyl (C=O) groups excluding carboxylic acids is 2. The van der Waals surface area contributed by atoms with Crippen molar-refractivity contribution in [3.63, 3.8) is 0 Å². The quantitative estimate of drug-likeness (QED) is 0.197. The summed E-state index contributed by atoms with van der Waals surface area (Å²) in [6.07, 6.45) is 12.2. The molecule has 0 aliphatic heterocycles. The van der Waals surface area contributed by atoms with Crippen molar-refractivity contribution in [1.82, 2.24) is 4.98 Å². The maximum Gasteiger partial charge on any atom is 0.182 e. The Bertz CT molecular complexity index is 1330. The molecule has 1 aromatic heterocycles. The van der Waals surface area contributed by atoms with Crippen LogP contribution in [0.3, 0.4) is 0 Å². The second-order valence-electron chi connectivity index (χ2n) is 11.8. The van der Waals surface area contributed by atoms with Gasteiger partial charge < -0.3 is 0 Å². The SMILES string of the molecule is CC.CC1(C)CCc2ccccc21.CC=C(C)C.CN=Cc1c(C)ccnc1C(=O)CC(C)C1=CC=C(C(C)=O)C1C.[HH].